The molecule has 0 fully saturated rings. The highest BCUT2D eigenvalue weighted by Gasteiger charge is 2.24. The largest absolute Gasteiger partial charge is 0.466 e. The van der Waals surface area contributed by atoms with E-state index >= 15 is 0 Å². The number of carbonyl (C=O) groups is 1. The number of nitrogens with two attached hydrogens (primary N) is 1. The van der Waals surface area contributed by atoms with Gasteiger partial charge >= 0.3 is 5.97 Å². The van der Waals surface area contributed by atoms with Crippen LogP contribution in [-0.4, -0.2) is 19.6 Å². The zero-order chi connectivity index (χ0) is 23.0. The Hall–Kier alpha value is -3.05. The van der Waals surface area contributed by atoms with E-state index in [0.29, 0.717) is 6.61 Å². The van der Waals surface area contributed by atoms with Crippen molar-refractivity contribution in [2.75, 3.05) is 13.7 Å². The summed E-state index contributed by atoms with van der Waals surface area (Å²) in [5.41, 5.74) is 11.0. The number of nitrogens with one attached hydrogen (secondary N) is 2. The lowest BCUT2D eigenvalue weighted by Crippen LogP contribution is -2.28. The number of allylic oxidation sites excluding steroid dienone is 7. The molecule has 5 nitrogen and oxygen atoms in total. The summed E-state index contributed by atoms with van der Waals surface area (Å²) < 4.78 is 5.27. The fourth-order valence-corrected chi connectivity index (χ4v) is 3.72. The van der Waals surface area contributed by atoms with Crippen LogP contribution in [0.5, 0.6) is 0 Å². The van der Waals surface area contributed by atoms with Gasteiger partial charge in [-0.25, -0.2) is 0 Å². The molecule has 0 radical (unpaired) electrons. The van der Waals surface area contributed by atoms with Crippen molar-refractivity contribution in [3.05, 3.63) is 93.9 Å². The maximum atomic E-state index is 12.5. The minimum atomic E-state index is -0.240. The predicted octanol–water partition coefficient (Wildman–Crippen LogP) is 4.49. The summed E-state index contributed by atoms with van der Waals surface area (Å²) in [4.78, 5) is 12.5. The molecule has 1 aromatic rings. The summed E-state index contributed by atoms with van der Waals surface area (Å²) in [6.45, 7) is 12.6. The highest BCUT2D eigenvalue weighted by molar-refractivity contribution is 5.72. The number of hydrogen-bond acceptors (Lipinski definition) is 5. The number of aryl methyl sites for hydroxylation is 1. The van der Waals surface area contributed by atoms with Gasteiger partial charge in [-0.1, -0.05) is 49.1 Å². The normalized spacial score (nSPS) is 14.8. The average Bonchev–Trinajstić information content (AvgIpc) is 2.73. The maximum Gasteiger partial charge on any atom is 0.306 e. The summed E-state index contributed by atoms with van der Waals surface area (Å²) in [5.74, 6) is 5.38. The van der Waals surface area contributed by atoms with Crippen LogP contribution in [0.2, 0.25) is 0 Å². The van der Waals surface area contributed by atoms with Crippen molar-refractivity contribution < 1.29 is 9.53 Å². The summed E-state index contributed by atoms with van der Waals surface area (Å²) >= 11 is 0. The summed E-state index contributed by atoms with van der Waals surface area (Å²) in [6.07, 6.45) is 9.35. The molecule has 0 bridgehead atoms. The molecule has 4 N–H and O–H groups in total. The molecule has 1 atom stereocenters. The van der Waals surface area contributed by atoms with Crippen LogP contribution in [0.15, 0.2) is 77.2 Å². The number of benzene rings is 1. The first-order chi connectivity index (χ1) is 14.9. The highest BCUT2D eigenvalue weighted by atomic mass is 16.5. The van der Waals surface area contributed by atoms with Crippen molar-refractivity contribution in [2.24, 2.45) is 5.84 Å². The van der Waals surface area contributed by atoms with Crippen LogP contribution in [0.4, 0.5) is 0 Å². The van der Waals surface area contributed by atoms with Crippen LogP contribution in [0.1, 0.15) is 49.8 Å². The molecule has 2 rings (SSSR count). The Bertz CT molecular complexity index is 951. The van der Waals surface area contributed by atoms with E-state index in [-0.39, 0.29) is 18.3 Å². The number of likely N-dealkylation sites (N-methyl/N-ethyl adjacent to an activating group) is 1. The lowest BCUT2D eigenvalue weighted by Gasteiger charge is -2.24. The standard InChI is InChI=1S/C26H35N3O2/c1-7-24(28-6)26(29-27)19(5)18(4)23(16-25(30)31-8-2)21-13-12-17(3)22(15-21)14-20-10-9-11-20/h7,9-13,15,23,28-29H,4,8,14,16,27H2,1-3,5-6H3/b24-7?,26-19+. The monoisotopic (exact) mass is 421 g/mol. The van der Waals surface area contributed by atoms with Gasteiger partial charge in [-0.3, -0.25) is 10.6 Å². The molecule has 1 aliphatic carbocycles. The van der Waals surface area contributed by atoms with Crippen LogP contribution in [0, 0.1) is 6.92 Å². The second-order valence-electron chi connectivity index (χ2n) is 7.65. The number of ether oxygens (including phenoxy) is 1. The molecule has 0 saturated carbocycles. The lowest BCUT2D eigenvalue weighted by atomic mass is 9.82. The first-order valence-corrected chi connectivity index (χ1v) is 10.7. The lowest BCUT2D eigenvalue weighted by molar-refractivity contribution is -0.143. The third-order valence-corrected chi connectivity index (χ3v) is 5.72. The Morgan fingerprint density at radius 1 is 1.35 bits per heavy atom. The maximum absolute atomic E-state index is 12.5. The van der Waals surface area contributed by atoms with Crippen LogP contribution < -0.4 is 16.6 Å². The molecule has 5 heteroatoms. The molecule has 0 aliphatic heterocycles. The van der Waals surface area contributed by atoms with E-state index in [1.54, 1.807) is 0 Å². The third kappa shape index (κ3) is 5.98. The molecule has 1 unspecified atom stereocenters. The van der Waals surface area contributed by atoms with Crippen molar-refractivity contribution in [3.8, 4) is 0 Å². The van der Waals surface area contributed by atoms with E-state index in [1.807, 2.05) is 33.9 Å². The van der Waals surface area contributed by atoms with E-state index in [0.717, 1.165) is 34.5 Å². The average molecular weight is 422 g/mol. The number of hydrazine groups is 1. The Kier molecular flexibility index (Phi) is 8.88. The Morgan fingerprint density at radius 3 is 2.58 bits per heavy atom. The van der Waals surface area contributed by atoms with Crippen LogP contribution in [0.25, 0.3) is 0 Å². The molecule has 0 aromatic heterocycles. The molecule has 0 saturated heterocycles. The van der Waals surface area contributed by atoms with E-state index in [2.05, 4.69) is 60.7 Å². The molecular formula is C26H35N3O2. The molecular weight excluding hydrogens is 386 g/mol. The zero-order valence-electron chi connectivity index (χ0n) is 19.3. The number of carbonyl (C=O) groups excluding carboxylic acids is 1. The third-order valence-electron chi connectivity index (χ3n) is 5.72. The zero-order valence-corrected chi connectivity index (χ0v) is 19.3. The Balaban J connectivity index is 2.48. The predicted molar refractivity (Wildman–Crippen MR) is 128 cm³/mol. The molecule has 166 valence electrons. The van der Waals surface area contributed by atoms with E-state index in [1.165, 1.54) is 16.7 Å². The number of esters is 1. The van der Waals surface area contributed by atoms with Gasteiger partial charge < -0.3 is 15.5 Å². The fraction of sp³-hybridized carbons (Fsp3) is 0.346. The van der Waals surface area contributed by atoms with Gasteiger partial charge in [0.05, 0.1) is 24.4 Å². The van der Waals surface area contributed by atoms with Gasteiger partial charge in [0.15, 0.2) is 0 Å². The number of hydrogen-bond donors (Lipinski definition) is 3. The second-order valence-corrected chi connectivity index (χ2v) is 7.65. The highest BCUT2D eigenvalue weighted by Crippen LogP contribution is 2.35. The van der Waals surface area contributed by atoms with Gasteiger partial charge in [-0.2, -0.15) is 0 Å². The van der Waals surface area contributed by atoms with E-state index < -0.39 is 0 Å². The van der Waals surface area contributed by atoms with Crippen molar-refractivity contribution >= 4 is 5.97 Å². The minimum Gasteiger partial charge on any atom is -0.466 e. The summed E-state index contributed by atoms with van der Waals surface area (Å²) in [5, 5.41) is 3.14. The Labute approximate surface area is 186 Å². The Morgan fingerprint density at radius 2 is 2.06 bits per heavy atom. The first-order valence-electron chi connectivity index (χ1n) is 10.7. The van der Waals surface area contributed by atoms with Crippen molar-refractivity contribution in [3.63, 3.8) is 0 Å². The van der Waals surface area contributed by atoms with Gasteiger partial charge in [0.25, 0.3) is 0 Å². The van der Waals surface area contributed by atoms with Gasteiger partial charge in [-0.15, -0.1) is 0 Å². The van der Waals surface area contributed by atoms with Gasteiger partial charge in [0.2, 0.25) is 0 Å². The van der Waals surface area contributed by atoms with Crippen LogP contribution in [0.3, 0.4) is 0 Å². The molecule has 1 aromatic carbocycles. The number of rotatable bonds is 11. The molecule has 0 amide bonds. The van der Waals surface area contributed by atoms with Gasteiger partial charge in [-0.05, 0) is 67.5 Å². The summed E-state index contributed by atoms with van der Waals surface area (Å²) in [7, 11) is 1.84. The van der Waals surface area contributed by atoms with E-state index in [9.17, 15) is 4.79 Å². The van der Waals surface area contributed by atoms with Crippen molar-refractivity contribution in [1.29, 1.82) is 0 Å². The van der Waals surface area contributed by atoms with Crippen LogP contribution >= 0.6 is 0 Å². The van der Waals surface area contributed by atoms with E-state index in [4.69, 9.17) is 10.6 Å². The summed E-state index contributed by atoms with van der Waals surface area (Å²) in [6, 6.07) is 6.39. The first kappa shape index (κ1) is 24.2. The fourth-order valence-electron chi connectivity index (χ4n) is 3.72. The molecule has 0 heterocycles. The van der Waals surface area contributed by atoms with Gasteiger partial charge in [0.1, 0.15) is 0 Å². The van der Waals surface area contributed by atoms with Crippen molar-refractivity contribution in [2.45, 2.75) is 46.5 Å². The van der Waals surface area contributed by atoms with Gasteiger partial charge in [0, 0.05) is 13.0 Å². The topological polar surface area (TPSA) is 76.4 Å². The SMILES string of the molecule is C=C(/C(C)=C(/NN)C(=CC)NC)C(CC(=O)OCC)c1ccc(C)c(CC2=CC=C2)c1. The smallest absolute Gasteiger partial charge is 0.306 e. The molecule has 0 spiro atoms. The quantitative estimate of drug-likeness (QED) is 0.212. The molecule has 31 heavy (non-hydrogen) atoms. The second kappa shape index (κ2) is 11.4. The minimum absolute atomic E-state index is 0.220. The van der Waals surface area contributed by atoms with Crippen LogP contribution in [-0.2, 0) is 16.0 Å². The molecule has 1 aliphatic rings. The van der Waals surface area contributed by atoms with Crippen molar-refractivity contribution in [1.82, 2.24) is 10.7 Å².